The van der Waals surface area contributed by atoms with Gasteiger partial charge in [0.05, 0.1) is 12.2 Å². The van der Waals surface area contributed by atoms with Gasteiger partial charge < -0.3 is 5.11 Å². The summed E-state index contributed by atoms with van der Waals surface area (Å²) in [6, 6.07) is 7.26. The van der Waals surface area contributed by atoms with Gasteiger partial charge in [0.2, 0.25) is 0 Å². The average Bonchev–Trinajstić information content (AvgIpc) is 3.11. The highest BCUT2D eigenvalue weighted by atomic mass is 32.1. The number of hydrogen-bond donors (Lipinski definition) is 1. The molecule has 1 N–H and O–H groups in total. The van der Waals surface area contributed by atoms with Gasteiger partial charge in [-0.25, -0.2) is 9.67 Å². The third kappa shape index (κ3) is 3.21. The summed E-state index contributed by atoms with van der Waals surface area (Å²) in [7, 11) is 0. The zero-order valence-corrected chi connectivity index (χ0v) is 11.6. The highest BCUT2D eigenvalue weighted by Crippen LogP contribution is 2.12. The molecule has 2 aromatic heterocycles. The maximum atomic E-state index is 9.24. The second-order valence-electron chi connectivity index (χ2n) is 4.50. The molecule has 0 aliphatic rings. The van der Waals surface area contributed by atoms with Crippen molar-refractivity contribution in [3.05, 3.63) is 58.3 Å². The number of aromatic nitrogens is 4. The lowest BCUT2D eigenvalue weighted by atomic mass is 10.1. The third-order valence-electron chi connectivity index (χ3n) is 2.97. The fraction of sp³-hybridized carbons (Fsp3) is 0.214. The molecule has 0 radical (unpaired) electrons. The van der Waals surface area contributed by atoms with E-state index < -0.39 is 0 Å². The van der Waals surface area contributed by atoms with Crippen molar-refractivity contribution in [2.75, 3.05) is 0 Å². The van der Waals surface area contributed by atoms with E-state index in [2.05, 4.69) is 15.3 Å². The molecule has 0 atom stereocenters. The SMILES string of the molecule is Oc1ccc(CCc2cn(Cc3nccs3)nn2)cc1. The lowest BCUT2D eigenvalue weighted by Gasteiger charge is -1.99. The van der Waals surface area contributed by atoms with Gasteiger partial charge in [0, 0.05) is 17.8 Å². The predicted molar refractivity (Wildman–Crippen MR) is 76.8 cm³/mol. The number of aromatic hydroxyl groups is 1. The molecule has 3 rings (SSSR count). The van der Waals surface area contributed by atoms with Crippen LogP contribution in [0.15, 0.2) is 42.0 Å². The van der Waals surface area contributed by atoms with Crippen LogP contribution < -0.4 is 0 Å². The topological polar surface area (TPSA) is 63.8 Å². The zero-order valence-electron chi connectivity index (χ0n) is 10.8. The minimum absolute atomic E-state index is 0.295. The molecule has 2 heterocycles. The first-order valence-electron chi connectivity index (χ1n) is 6.35. The minimum Gasteiger partial charge on any atom is -0.508 e. The number of benzene rings is 1. The molecule has 5 nitrogen and oxygen atoms in total. The average molecular weight is 286 g/mol. The van der Waals surface area contributed by atoms with Crippen molar-refractivity contribution >= 4 is 11.3 Å². The zero-order chi connectivity index (χ0) is 13.8. The predicted octanol–water partition coefficient (Wildman–Crippen LogP) is 2.27. The fourth-order valence-electron chi connectivity index (χ4n) is 1.94. The van der Waals surface area contributed by atoms with E-state index in [0.29, 0.717) is 12.3 Å². The van der Waals surface area contributed by atoms with Crippen LogP contribution in [0.25, 0.3) is 0 Å². The minimum atomic E-state index is 0.295. The van der Waals surface area contributed by atoms with E-state index in [1.807, 2.05) is 28.4 Å². The highest BCUT2D eigenvalue weighted by Gasteiger charge is 2.04. The molecule has 3 aromatic rings. The largest absolute Gasteiger partial charge is 0.508 e. The van der Waals surface area contributed by atoms with Gasteiger partial charge in [-0.05, 0) is 30.5 Å². The van der Waals surface area contributed by atoms with Crippen LogP contribution in [-0.4, -0.2) is 25.1 Å². The number of thiazole rings is 1. The van der Waals surface area contributed by atoms with Crippen LogP contribution in [0.4, 0.5) is 0 Å². The number of aryl methyl sites for hydroxylation is 2. The molecular weight excluding hydrogens is 272 g/mol. The van der Waals surface area contributed by atoms with E-state index in [0.717, 1.165) is 23.5 Å². The number of nitrogens with zero attached hydrogens (tertiary/aromatic N) is 4. The first kappa shape index (κ1) is 12.8. The molecule has 0 aliphatic heterocycles. The summed E-state index contributed by atoms with van der Waals surface area (Å²) in [5.41, 5.74) is 2.15. The molecule has 0 spiro atoms. The number of rotatable bonds is 5. The van der Waals surface area contributed by atoms with Gasteiger partial charge in [0.25, 0.3) is 0 Å². The highest BCUT2D eigenvalue weighted by molar-refractivity contribution is 7.09. The van der Waals surface area contributed by atoms with Crippen molar-refractivity contribution in [1.82, 2.24) is 20.0 Å². The summed E-state index contributed by atoms with van der Waals surface area (Å²) in [5.74, 6) is 0.295. The van der Waals surface area contributed by atoms with Gasteiger partial charge in [-0.15, -0.1) is 16.4 Å². The van der Waals surface area contributed by atoms with Crippen molar-refractivity contribution in [3.63, 3.8) is 0 Å². The van der Waals surface area contributed by atoms with Crippen molar-refractivity contribution in [3.8, 4) is 5.75 Å². The molecule has 0 saturated carbocycles. The second kappa shape index (κ2) is 5.83. The second-order valence-corrected chi connectivity index (χ2v) is 5.48. The monoisotopic (exact) mass is 286 g/mol. The molecule has 0 bridgehead atoms. The number of hydrogen-bond acceptors (Lipinski definition) is 5. The maximum absolute atomic E-state index is 9.24. The summed E-state index contributed by atoms with van der Waals surface area (Å²) in [6.45, 7) is 0.671. The first-order chi connectivity index (χ1) is 9.79. The Hall–Kier alpha value is -2.21. The van der Waals surface area contributed by atoms with E-state index in [4.69, 9.17) is 0 Å². The molecule has 0 fully saturated rings. The first-order valence-corrected chi connectivity index (χ1v) is 7.23. The summed E-state index contributed by atoms with van der Waals surface area (Å²) >= 11 is 1.62. The summed E-state index contributed by atoms with van der Waals surface area (Å²) < 4.78 is 1.81. The number of phenolic OH excluding ortho intramolecular Hbond substituents is 1. The maximum Gasteiger partial charge on any atom is 0.115 e. The van der Waals surface area contributed by atoms with Crippen LogP contribution in [0.5, 0.6) is 5.75 Å². The Morgan fingerprint density at radius 1 is 1.15 bits per heavy atom. The van der Waals surface area contributed by atoms with Crippen LogP contribution in [0, 0.1) is 0 Å². The van der Waals surface area contributed by atoms with Crippen LogP contribution in [0.1, 0.15) is 16.3 Å². The van der Waals surface area contributed by atoms with Gasteiger partial charge >= 0.3 is 0 Å². The Morgan fingerprint density at radius 3 is 2.75 bits per heavy atom. The molecule has 0 saturated heterocycles. The quantitative estimate of drug-likeness (QED) is 0.781. The Bertz CT molecular complexity index is 661. The van der Waals surface area contributed by atoms with Crippen molar-refractivity contribution in [2.24, 2.45) is 0 Å². The fourth-order valence-corrected chi connectivity index (χ4v) is 2.54. The lowest BCUT2D eigenvalue weighted by molar-refractivity contribution is 0.475. The van der Waals surface area contributed by atoms with Crippen molar-refractivity contribution in [2.45, 2.75) is 19.4 Å². The third-order valence-corrected chi connectivity index (χ3v) is 3.74. The van der Waals surface area contributed by atoms with E-state index in [-0.39, 0.29) is 0 Å². The van der Waals surface area contributed by atoms with Gasteiger partial charge in [0.15, 0.2) is 0 Å². The molecule has 0 amide bonds. The van der Waals surface area contributed by atoms with Gasteiger partial charge in [-0.3, -0.25) is 0 Å². The van der Waals surface area contributed by atoms with Crippen molar-refractivity contribution < 1.29 is 5.11 Å². The van der Waals surface area contributed by atoms with Crippen LogP contribution in [0.2, 0.25) is 0 Å². The number of phenols is 1. The summed E-state index contributed by atoms with van der Waals surface area (Å²) in [5, 5.41) is 20.5. The smallest absolute Gasteiger partial charge is 0.115 e. The Kier molecular flexibility index (Phi) is 3.73. The van der Waals surface area contributed by atoms with E-state index >= 15 is 0 Å². The van der Waals surface area contributed by atoms with Gasteiger partial charge in [-0.1, -0.05) is 17.3 Å². The van der Waals surface area contributed by atoms with Gasteiger partial charge in [-0.2, -0.15) is 0 Å². The molecule has 102 valence electrons. The molecule has 6 heteroatoms. The summed E-state index contributed by atoms with van der Waals surface area (Å²) in [4.78, 5) is 4.23. The molecular formula is C14H14N4OS. The van der Waals surface area contributed by atoms with Crippen molar-refractivity contribution in [1.29, 1.82) is 0 Å². The van der Waals surface area contributed by atoms with E-state index in [1.54, 1.807) is 29.7 Å². The van der Waals surface area contributed by atoms with Crippen LogP contribution in [0.3, 0.4) is 0 Å². The molecule has 0 aliphatic carbocycles. The van der Waals surface area contributed by atoms with Crippen LogP contribution >= 0.6 is 11.3 Å². The standard InChI is InChI=1S/C14H14N4OS/c19-13-5-2-11(3-6-13)1-4-12-9-18(17-16-12)10-14-15-7-8-20-14/h2-3,5-9,19H,1,4,10H2. The Balaban J connectivity index is 1.58. The Morgan fingerprint density at radius 2 is 2.00 bits per heavy atom. The van der Waals surface area contributed by atoms with Gasteiger partial charge in [0.1, 0.15) is 10.8 Å². The molecule has 0 unspecified atom stereocenters. The normalized spacial score (nSPS) is 10.8. The van der Waals surface area contributed by atoms with E-state index in [1.165, 1.54) is 5.56 Å². The lowest BCUT2D eigenvalue weighted by Crippen LogP contribution is -1.99. The molecule has 1 aromatic carbocycles. The Labute approximate surface area is 120 Å². The summed E-state index contributed by atoms with van der Waals surface area (Å²) in [6.07, 6.45) is 5.48. The van der Waals surface area contributed by atoms with E-state index in [9.17, 15) is 5.11 Å². The molecule has 20 heavy (non-hydrogen) atoms. The van der Waals surface area contributed by atoms with Crippen LogP contribution in [-0.2, 0) is 19.4 Å².